The molecule has 0 aromatic carbocycles. The number of aliphatic imine (C=N–C) groups is 1. The van der Waals surface area contributed by atoms with Crippen LogP contribution >= 0.6 is 0 Å². The second-order valence-electron chi connectivity index (χ2n) is 4.66. The first-order valence-corrected chi connectivity index (χ1v) is 5.64. The Morgan fingerprint density at radius 2 is 2.25 bits per heavy atom. The van der Waals surface area contributed by atoms with Crippen molar-refractivity contribution in [2.45, 2.75) is 38.9 Å². The number of amidine groups is 1. The van der Waals surface area contributed by atoms with Gasteiger partial charge in [-0.25, -0.2) is 0 Å². The van der Waals surface area contributed by atoms with Crippen molar-refractivity contribution in [1.82, 2.24) is 0 Å². The molecule has 16 heavy (non-hydrogen) atoms. The third-order valence-electron chi connectivity index (χ3n) is 2.91. The van der Waals surface area contributed by atoms with Gasteiger partial charge in [-0.05, 0) is 29.8 Å². The molecule has 2 atom stereocenters. The van der Waals surface area contributed by atoms with Crippen molar-refractivity contribution < 1.29 is 9.66 Å². The van der Waals surface area contributed by atoms with Crippen molar-refractivity contribution in [1.29, 1.82) is 0 Å². The molecular weight excluding hydrogens is 208 g/mol. The van der Waals surface area contributed by atoms with Gasteiger partial charge in [0.1, 0.15) is 12.1 Å². The summed E-state index contributed by atoms with van der Waals surface area (Å²) in [6.45, 7) is 3.93. The van der Waals surface area contributed by atoms with Crippen molar-refractivity contribution >= 4 is 5.84 Å². The number of nitro groups is 1. The number of rotatable bonds is 3. The van der Waals surface area contributed by atoms with Crippen LogP contribution in [0.1, 0.15) is 26.7 Å². The molecule has 0 aromatic heterocycles. The average Bonchev–Trinajstić information content (AvgIpc) is 3.00. The molecule has 88 valence electrons. The van der Waals surface area contributed by atoms with Gasteiger partial charge in [0.15, 0.2) is 0 Å². The Morgan fingerprint density at radius 3 is 2.75 bits per heavy atom. The van der Waals surface area contributed by atoms with Crippen molar-refractivity contribution in [3.8, 4) is 0 Å². The molecule has 1 aliphatic heterocycles. The quantitative estimate of drug-likeness (QED) is 0.544. The number of hydrogen-bond donors (Lipinski definition) is 0. The van der Waals surface area contributed by atoms with Gasteiger partial charge in [-0.15, -0.1) is 0 Å². The summed E-state index contributed by atoms with van der Waals surface area (Å²) in [4.78, 5) is 14.4. The monoisotopic (exact) mass is 224 g/mol. The van der Waals surface area contributed by atoms with Crippen molar-refractivity contribution in [3.63, 3.8) is 0 Å². The maximum absolute atomic E-state index is 10.9. The summed E-state index contributed by atoms with van der Waals surface area (Å²) in [5, 5.41) is 10.9. The average molecular weight is 224 g/mol. The lowest BCUT2D eigenvalue weighted by atomic mass is 9.87. The Bertz CT molecular complexity index is 345. The zero-order chi connectivity index (χ0) is 11.7. The second-order valence-corrected chi connectivity index (χ2v) is 4.66. The van der Waals surface area contributed by atoms with Crippen LogP contribution in [0.2, 0.25) is 0 Å². The minimum absolute atomic E-state index is 0.0307. The third kappa shape index (κ3) is 2.29. The van der Waals surface area contributed by atoms with Gasteiger partial charge in [0, 0.05) is 0 Å². The molecule has 2 unspecified atom stereocenters. The van der Waals surface area contributed by atoms with Crippen LogP contribution in [0.4, 0.5) is 0 Å². The number of nitrogens with zero attached hydrogens (tertiary/aromatic N) is 2. The zero-order valence-corrected chi connectivity index (χ0v) is 9.50. The van der Waals surface area contributed by atoms with Crippen LogP contribution < -0.4 is 0 Å². The van der Waals surface area contributed by atoms with Crippen LogP contribution in [0.25, 0.3) is 0 Å². The fraction of sp³-hybridized carbons (Fsp3) is 0.727. The first kappa shape index (κ1) is 11.3. The topological polar surface area (TPSA) is 64.7 Å². The lowest BCUT2D eigenvalue weighted by Crippen LogP contribution is -2.39. The van der Waals surface area contributed by atoms with Gasteiger partial charge in [-0.1, -0.05) is 18.8 Å². The highest BCUT2D eigenvalue weighted by molar-refractivity contribution is 5.79. The van der Waals surface area contributed by atoms with Gasteiger partial charge in [0.25, 0.3) is 0 Å². The lowest BCUT2D eigenvalue weighted by Gasteiger charge is -2.26. The van der Waals surface area contributed by atoms with E-state index in [-0.39, 0.29) is 23.8 Å². The maximum atomic E-state index is 10.9. The standard InChI is InChI=1S/C11H16N2O3/c1-7(2)10-9(16-8-3-4-8)5-6-12-11(10)13(14)15/h5-10H,3-4H2,1-2H3. The van der Waals surface area contributed by atoms with E-state index in [0.717, 1.165) is 12.8 Å². The van der Waals surface area contributed by atoms with Crippen LogP contribution in [-0.2, 0) is 4.74 Å². The fourth-order valence-electron chi connectivity index (χ4n) is 1.96. The zero-order valence-electron chi connectivity index (χ0n) is 9.50. The summed E-state index contributed by atoms with van der Waals surface area (Å²) in [5.41, 5.74) is 0. The highest BCUT2D eigenvalue weighted by Crippen LogP contribution is 2.32. The molecule has 0 aromatic rings. The van der Waals surface area contributed by atoms with Gasteiger partial charge in [0.05, 0.1) is 12.2 Å². The van der Waals surface area contributed by atoms with E-state index >= 15 is 0 Å². The molecule has 5 heteroatoms. The normalized spacial score (nSPS) is 29.3. The van der Waals surface area contributed by atoms with Gasteiger partial charge >= 0.3 is 5.84 Å². The predicted octanol–water partition coefficient (Wildman–Crippen LogP) is 2.01. The highest BCUT2D eigenvalue weighted by Gasteiger charge is 2.40. The van der Waals surface area contributed by atoms with E-state index in [1.54, 1.807) is 0 Å². The van der Waals surface area contributed by atoms with E-state index in [1.165, 1.54) is 6.20 Å². The van der Waals surface area contributed by atoms with E-state index < -0.39 is 4.92 Å². The SMILES string of the molecule is CC(C)C1C([N+](=O)[O-])=NC=CC1OC1CC1. The Balaban J connectivity index is 2.16. The third-order valence-corrected chi connectivity index (χ3v) is 2.91. The highest BCUT2D eigenvalue weighted by atomic mass is 16.6. The molecular formula is C11H16N2O3. The predicted molar refractivity (Wildman–Crippen MR) is 59.8 cm³/mol. The summed E-state index contributed by atoms with van der Waals surface area (Å²) < 4.78 is 5.78. The fourth-order valence-corrected chi connectivity index (χ4v) is 1.96. The molecule has 2 aliphatic rings. The Kier molecular flexibility index (Phi) is 3.05. The Hall–Kier alpha value is -1.23. The molecule has 0 amide bonds. The second kappa shape index (κ2) is 4.33. The molecule has 1 heterocycles. The molecule has 1 aliphatic carbocycles. The molecule has 1 fully saturated rings. The van der Waals surface area contributed by atoms with Crippen LogP contribution in [0.15, 0.2) is 17.3 Å². The summed E-state index contributed by atoms with van der Waals surface area (Å²) in [7, 11) is 0. The first-order chi connectivity index (χ1) is 7.59. The van der Waals surface area contributed by atoms with E-state index in [1.807, 2.05) is 19.9 Å². The van der Waals surface area contributed by atoms with E-state index in [9.17, 15) is 10.1 Å². The van der Waals surface area contributed by atoms with Crippen molar-refractivity contribution in [2.24, 2.45) is 16.8 Å². The van der Waals surface area contributed by atoms with E-state index in [2.05, 4.69) is 4.99 Å². The molecule has 0 radical (unpaired) electrons. The van der Waals surface area contributed by atoms with Gasteiger partial charge < -0.3 is 14.9 Å². The van der Waals surface area contributed by atoms with Crippen LogP contribution in [0.5, 0.6) is 0 Å². The smallest absolute Gasteiger partial charge is 0.344 e. The Morgan fingerprint density at radius 1 is 1.56 bits per heavy atom. The maximum Gasteiger partial charge on any atom is 0.344 e. The summed E-state index contributed by atoms with van der Waals surface area (Å²) in [5.74, 6) is -0.0541. The van der Waals surface area contributed by atoms with Gasteiger partial charge in [-0.2, -0.15) is 0 Å². The Labute approximate surface area is 94.3 Å². The van der Waals surface area contributed by atoms with Crippen molar-refractivity contribution in [2.75, 3.05) is 0 Å². The molecule has 2 rings (SSSR count). The summed E-state index contributed by atoms with van der Waals surface area (Å²) >= 11 is 0. The van der Waals surface area contributed by atoms with Crippen LogP contribution in [0, 0.1) is 22.0 Å². The van der Waals surface area contributed by atoms with Gasteiger partial charge in [0.2, 0.25) is 0 Å². The van der Waals surface area contributed by atoms with Gasteiger partial charge in [-0.3, -0.25) is 0 Å². The molecule has 5 nitrogen and oxygen atoms in total. The van der Waals surface area contributed by atoms with E-state index in [0.29, 0.717) is 6.10 Å². The number of hydrogen-bond acceptors (Lipinski definition) is 4. The molecule has 0 N–H and O–H groups in total. The summed E-state index contributed by atoms with van der Waals surface area (Å²) in [6, 6.07) is 0. The minimum atomic E-state index is -0.391. The minimum Gasteiger partial charge on any atom is -0.370 e. The number of ether oxygens (including phenoxy) is 1. The first-order valence-electron chi connectivity index (χ1n) is 5.64. The van der Waals surface area contributed by atoms with Crippen LogP contribution in [-0.4, -0.2) is 23.0 Å². The van der Waals surface area contributed by atoms with E-state index in [4.69, 9.17) is 4.74 Å². The van der Waals surface area contributed by atoms with Crippen molar-refractivity contribution in [3.05, 3.63) is 22.4 Å². The largest absolute Gasteiger partial charge is 0.370 e. The molecule has 0 spiro atoms. The molecule has 0 bridgehead atoms. The molecule has 1 saturated carbocycles. The molecule has 0 saturated heterocycles. The summed E-state index contributed by atoms with van der Waals surface area (Å²) in [6.07, 6.45) is 5.56. The van der Waals surface area contributed by atoms with Crippen LogP contribution in [0.3, 0.4) is 0 Å². The lowest BCUT2D eigenvalue weighted by molar-refractivity contribution is -0.359.